The van der Waals surface area contributed by atoms with Crippen molar-refractivity contribution in [1.82, 2.24) is 0 Å². The third kappa shape index (κ3) is 6.18. The molecule has 3 heteroatoms. The molecule has 1 N–H and O–H groups in total. The third-order valence-corrected chi connectivity index (χ3v) is 6.03. The molecule has 0 bridgehead atoms. The Morgan fingerprint density at radius 3 is 1.58 bits per heavy atom. The number of ether oxygens (including phenoxy) is 1. The maximum absolute atomic E-state index is 10.7. The SMILES string of the molecule is C[Si](C)(C)C#CCC[C@H](O)COC(c1ccccc1)(c1ccccc1)c1ccccc1. The lowest BCUT2D eigenvalue weighted by Crippen LogP contribution is -2.35. The van der Waals surface area contributed by atoms with Crippen LogP contribution in [0, 0.1) is 11.5 Å². The molecular formula is C28H32O2Si. The van der Waals surface area contributed by atoms with Crippen molar-refractivity contribution in [2.75, 3.05) is 6.61 Å². The van der Waals surface area contributed by atoms with E-state index in [1.54, 1.807) is 0 Å². The van der Waals surface area contributed by atoms with Crippen LogP contribution in [0.1, 0.15) is 29.5 Å². The summed E-state index contributed by atoms with van der Waals surface area (Å²) in [4.78, 5) is 0. The molecule has 3 rings (SSSR count). The molecule has 0 spiro atoms. The molecule has 1 atom stereocenters. The molecule has 160 valence electrons. The number of hydrogen-bond acceptors (Lipinski definition) is 2. The average Bonchev–Trinajstić information content (AvgIpc) is 2.79. The lowest BCUT2D eigenvalue weighted by molar-refractivity contribution is -0.0395. The first-order chi connectivity index (χ1) is 14.9. The van der Waals surface area contributed by atoms with Gasteiger partial charge in [0.1, 0.15) is 13.7 Å². The van der Waals surface area contributed by atoms with Crippen molar-refractivity contribution < 1.29 is 9.84 Å². The second-order valence-corrected chi connectivity index (χ2v) is 13.6. The highest BCUT2D eigenvalue weighted by Crippen LogP contribution is 2.40. The van der Waals surface area contributed by atoms with Gasteiger partial charge < -0.3 is 9.84 Å². The van der Waals surface area contributed by atoms with Gasteiger partial charge in [-0.25, -0.2) is 0 Å². The molecule has 0 radical (unpaired) electrons. The molecule has 0 aromatic heterocycles. The number of aliphatic hydroxyl groups excluding tert-OH is 1. The maximum Gasteiger partial charge on any atom is 0.143 e. The van der Waals surface area contributed by atoms with Gasteiger partial charge in [0.25, 0.3) is 0 Å². The van der Waals surface area contributed by atoms with E-state index in [-0.39, 0.29) is 6.61 Å². The van der Waals surface area contributed by atoms with Gasteiger partial charge >= 0.3 is 0 Å². The molecule has 0 aliphatic heterocycles. The summed E-state index contributed by atoms with van der Waals surface area (Å²) in [5, 5.41) is 10.7. The first-order valence-electron chi connectivity index (χ1n) is 10.9. The molecule has 0 saturated heterocycles. The van der Waals surface area contributed by atoms with Crippen LogP contribution >= 0.6 is 0 Å². The average molecular weight is 429 g/mol. The molecule has 31 heavy (non-hydrogen) atoms. The van der Waals surface area contributed by atoms with Crippen LogP contribution < -0.4 is 0 Å². The van der Waals surface area contributed by atoms with Crippen molar-refractivity contribution in [3.8, 4) is 11.5 Å². The summed E-state index contributed by atoms with van der Waals surface area (Å²) in [5.41, 5.74) is 5.69. The molecule has 0 saturated carbocycles. The Hall–Kier alpha value is -2.64. The van der Waals surface area contributed by atoms with Crippen molar-refractivity contribution in [3.63, 3.8) is 0 Å². The van der Waals surface area contributed by atoms with Crippen molar-refractivity contribution in [3.05, 3.63) is 108 Å². The molecule has 0 heterocycles. The Balaban J connectivity index is 1.92. The third-order valence-electron chi connectivity index (χ3n) is 5.10. The van der Waals surface area contributed by atoms with Crippen LogP contribution in [-0.2, 0) is 10.3 Å². The topological polar surface area (TPSA) is 29.5 Å². The summed E-state index contributed by atoms with van der Waals surface area (Å²) < 4.78 is 6.66. The van der Waals surface area contributed by atoms with Gasteiger partial charge in [0.05, 0.1) is 12.7 Å². The molecular weight excluding hydrogens is 396 g/mol. The maximum atomic E-state index is 10.7. The highest BCUT2D eigenvalue weighted by molar-refractivity contribution is 6.83. The van der Waals surface area contributed by atoms with Gasteiger partial charge in [0.2, 0.25) is 0 Å². The van der Waals surface area contributed by atoms with E-state index in [2.05, 4.69) is 67.5 Å². The molecule has 0 unspecified atom stereocenters. The van der Waals surface area contributed by atoms with Crippen LogP contribution in [-0.4, -0.2) is 25.9 Å². The van der Waals surface area contributed by atoms with Crippen LogP contribution in [0.4, 0.5) is 0 Å². The predicted molar refractivity (Wildman–Crippen MR) is 132 cm³/mol. The summed E-state index contributed by atoms with van der Waals surface area (Å²) in [6.07, 6.45) is 0.710. The quantitative estimate of drug-likeness (QED) is 0.270. The molecule has 0 amide bonds. The fourth-order valence-corrected chi connectivity index (χ4v) is 4.29. The lowest BCUT2D eigenvalue weighted by atomic mass is 9.80. The van der Waals surface area contributed by atoms with Gasteiger partial charge in [-0.15, -0.1) is 11.5 Å². The van der Waals surface area contributed by atoms with Gasteiger partial charge in [-0.3, -0.25) is 0 Å². The molecule has 0 aliphatic carbocycles. The smallest absolute Gasteiger partial charge is 0.143 e. The van der Waals surface area contributed by atoms with E-state index < -0.39 is 19.8 Å². The number of aliphatic hydroxyl groups is 1. The molecule has 0 aliphatic rings. The fourth-order valence-electron chi connectivity index (χ4n) is 3.64. The number of hydrogen-bond donors (Lipinski definition) is 1. The Kier molecular flexibility index (Phi) is 7.87. The largest absolute Gasteiger partial charge is 0.391 e. The molecule has 0 fully saturated rings. The predicted octanol–water partition coefficient (Wildman–Crippen LogP) is 6.02. The minimum Gasteiger partial charge on any atom is -0.391 e. The Bertz CT molecular complexity index is 887. The van der Waals surface area contributed by atoms with Crippen LogP contribution in [0.15, 0.2) is 91.0 Å². The van der Waals surface area contributed by atoms with E-state index in [0.717, 1.165) is 16.7 Å². The van der Waals surface area contributed by atoms with Crippen LogP contribution in [0.3, 0.4) is 0 Å². The first kappa shape index (κ1) is 23.0. The number of rotatable bonds is 8. The van der Waals surface area contributed by atoms with Crippen LogP contribution in [0.2, 0.25) is 19.6 Å². The number of benzene rings is 3. The standard InChI is InChI=1S/C28H32O2Si/c1-31(2,3)22-14-13-21-27(29)23-30-28(24-15-7-4-8-16-24,25-17-9-5-10-18-25)26-19-11-6-12-20-26/h4-12,15-20,27,29H,13,21,23H2,1-3H3/t27-/m0/s1. The van der Waals surface area contributed by atoms with Crippen molar-refractivity contribution in [2.45, 2.75) is 44.2 Å². The Morgan fingerprint density at radius 1 is 0.774 bits per heavy atom. The zero-order valence-corrected chi connectivity index (χ0v) is 19.7. The van der Waals surface area contributed by atoms with Gasteiger partial charge in [-0.05, 0) is 23.1 Å². The summed E-state index contributed by atoms with van der Waals surface area (Å²) in [5.74, 6) is 3.24. The van der Waals surface area contributed by atoms with E-state index >= 15 is 0 Å². The highest BCUT2D eigenvalue weighted by Gasteiger charge is 2.37. The summed E-state index contributed by atoms with van der Waals surface area (Å²) >= 11 is 0. The van der Waals surface area contributed by atoms with E-state index in [1.807, 2.05) is 54.6 Å². The van der Waals surface area contributed by atoms with Crippen molar-refractivity contribution >= 4 is 8.07 Å². The molecule has 2 nitrogen and oxygen atoms in total. The highest BCUT2D eigenvalue weighted by atomic mass is 28.3. The monoisotopic (exact) mass is 428 g/mol. The Labute approximate surface area is 187 Å². The molecule has 3 aromatic carbocycles. The second-order valence-electron chi connectivity index (χ2n) is 8.83. The second kappa shape index (κ2) is 10.6. The van der Waals surface area contributed by atoms with Crippen LogP contribution in [0.5, 0.6) is 0 Å². The van der Waals surface area contributed by atoms with Gasteiger partial charge in [0.15, 0.2) is 0 Å². The zero-order valence-electron chi connectivity index (χ0n) is 18.7. The van der Waals surface area contributed by atoms with E-state index in [1.165, 1.54) is 0 Å². The minimum atomic E-state index is -1.38. The van der Waals surface area contributed by atoms with Crippen LogP contribution in [0.25, 0.3) is 0 Å². The summed E-state index contributed by atoms with van der Waals surface area (Å²) in [6, 6.07) is 30.7. The summed E-state index contributed by atoms with van der Waals surface area (Å²) in [6.45, 7) is 6.92. The normalized spacial score (nSPS) is 12.6. The van der Waals surface area contributed by atoms with E-state index in [0.29, 0.717) is 12.8 Å². The Morgan fingerprint density at radius 2 is 1.19 bits per heavy atom. The van der Waals surface area contributed by atoms with Gasteiger partial charge in [-0.2, -0.15) is 0 Å². The minimum absolute atomic E-state index is 0.229. The van der Waals surface area contributed by atoms with Crippen molar-refractivity contribution in [2.24, 2.45) is 0 Å². The lowest BCUT2D eigenvalue weighted by Gasteiger charge is -2.36. The fraction of sp³-hybridized carbons (Fsp3) is 0.286. The van der Waals surface area contributed by atoms with E-state index in [9.17, 15) is 5.11 Å². The summed E-state index contributed by atoms with van der Waals surface area (Å²) in [7, 11) is -1.38. The van der Waals surface area contributed by atoms with E-state index in [4.69, 9.17) is 4.74 Å². The molecule has 3 aromatic rings. The van der Waals surface area contributed by atoms with Crippen molar-refractivity contribution in [1.29, 1.82) is 0 Å². The first-order valence-corrected chi connectivity index (χ1v) is 14.4. The van der Waals surface area contributed by atoms with Gasteiger partial charge in [-0.1, -0.05) is 111 Å². The van der Waals surface area contributed by atoms with Gasteiger partial charge in [0, 0.05) is 6.42 Å². The zero-order chi connectivity index (χ0) is 22.2.